The summed E-state index contributed by atoms with van der Waals surface area (Å²) >= 11 is 0. The van der Waals surface area contributed by atoms with Crippen LogP contribution in [0.25, 0.3) is 0 Å². The van der Waals surface area contributed by atoms with Gasteiger partial charge in [0, 0.05) is 11.8 Å². The summed E-state index contributed by atoms with van der Waals surface area (Å²) in [5, 5.41) is 9.77. The molecule has 0 aliphatic rings. The van der Waals surface area contributed by atoms with Gasteiger partial charge in [-0.2, -0.15) is 18.8 Å². The highest BCUT2D eigenvalue weighted by molar-refractivity contribution is 7.91. The minimum atomic E-state index is -3.80. The van der Waals surface area contributed by atoms with Gasteiger partial charge in [-0.1, -0.05) is 12.1 Å². The molecule has 0 aliphatic heterocycles. The maximum Gasteiger partial charge on any atom is 0.408 e. The van der Waals surface area contributed by atoms with E-state index in [0.717, 1.165) is 24.5 Å². The van der Waals surface area contributed by atoms with Crippen LogP contribution in [0, 0.1) is 23.0 Å². The lowest BCUT2D eigenvalue weighted by Gasteiger charge is -2.34. The number of hydrogen-bond donors (Lipinski definition) is 1. The number of rotatable bonds is 7. The number of benzene rings is 1. The number of alkyl halides is 1. The molecule has 1 unspecified atom stereocenters. The maximum atomic E-state index is 14.4. The number of alkyl carbamates (subject to hydrolysis) is 1. The molecule has 2 atom stereocenters. The number of hydrogen-bond acceptors (Lipinski definition) is 5. The molecule has 1 aromatic rings. The standard InChI is InChI=1S/C18H23F3N2O4S.H2S/c1-17(2,3)27-16(24)23-18(11-19,9-8-12(10-22)28(4,25)26)13-6-5-7-14(20)15(13)21;/h5-7,12H,8-9,11H2,1-4H3,(H,23,24);1H2/t12?,18-;/m1./s1. The molecule has 1 rings (SSSR count). The quantitative estimate of drug-likeness (QED) is 0.680. The van der Waals surface area contributed by atoms with Crippen LogP contribution in [0.15, 0.2) is 18.2 Å². The van der Waals surface area contributed by atoms with Crippen LogP contribution >= 0.6 is 13.5 Å². The highest BCUT2D eigenvalue weighted by Gasteiger charge is 2.40. The molecule has 0 radical (unpaired) electrons. The Balaban J connectivity index is 0.00000784. The van der Waals surface area contributed by atoms with Crippen LogP contribution < -0.4 is 5.32 Å². The van der Waals surface area contributed by atoms with Crippen molar-refractivity contribution in [2.45, 2.75) is 50.0 Å². The third-order valence-corrected chi connectivity index (χ3v) is 5.30. The molecular weight excluding hydrogens is 429 g/mol. The van der Waals surface area contributed by atoms with Gasteiger partial charge >= 0.3 is 6.09 Å². The second-order valence-corrected chi connectivity index (χ2v) is 9.66. The van der Waals surface area contributed by atoms with Gasteiger partial charge in [-0.25, -0.2) is 26.4 Å². The molecule has 0 bridgehead atoms. The molecule has 0 spiro atoms. The Kier molecular flexibility index (Phi) is 9.53. The predicted molar refractivity (Wildman–Crippen MR) is 107 cm³/mol. The summed E-state index contributed by atoms with van der Waals surface area (Å²) in [7, 11) is -3.80. The van der Waals surface area contributed by atoms with Gasteiger partial charge in [0.25, 0.3) is 0 Å². The number of carbonyl (C=O) groups excluding carboxylic acids is 1. The first-order chi connectivity index (χ1) is 12.8. The average molecular weight is 455 g/mol. The van der Waals surface area contributed by atoms with Crippen LogP contribution in [0.4, 0.5) is 18.0 Å². The van der Waals surface area contributed by atoms with Crippen LogP contribution in [-0.2, 0) is 20.1 Å². The van der Waals surface area contributed by atoms with Gasteiger partial charge in [0.15, 0.2) is 21.5 Å². The van der Waals surface area contributed by atoms with Gasteiger partial charge in [-0.15, -0.1) is 0 Å². The molecular formula is C18H25F3N2O4S2. The van der Waals surface area contributed by atoms with E-state index in [2.05, 4.69) is 5.32 Å². The molecule has 1 N–H and O–H groups in total. The maximum absolute atomic E-state index is 14.4. The lowest BCUT2D eigenvalue weighted by atomic mass is 9.85. The molecule has 164 valence electrons. The van der Waals surface area contributed by atoms with Crippen molar-refractivity contribution >= 4 is 29.4 Å². The van der Waals surface area contributed by atoms with Crippen LogP contribution in [-0.4, -0.2) is 38.3 Å². The van der Waals surface area contributed by atoms with Crippen molar-refractivity contribution in [2.24, 2.45) is 0 Å². The zero-order chi connectivity index (χ0) is 21.8. The number of nitrogens with zero attached hydrogens (tertiary/aromatic N) is 1. The van der Waals surface area contributed by atoms with E-state index in [-0.39, 0.29) is 13.5 Å². The lowest BCUT2D eigenvalue weighted by molar-refractivity contribution is 0.0417. The summed E-state index contributed by atoms with van der Waals surface area (Å²) in [5.41, 5.74) is -3.57. The van der Waals surface area contributed by atoms with E-state index in [1.165, 1.54) is 0 Å². The normalized spacial score (nSPS) is 14.7. The van der Waals surface area contributed by atoms with Gasteiger partial charge in [-0.05, 0) is 39.7 Å². The second-order valence-electron chi connectivity index (χ2n) is 7.43. The first-order valence-corrected chi connectivity index (χ1v) is 10.3. The van der Waals surface area contributed by atoms with Gasteiger partial charge < -0.3 is 10.1 Å². The Labute approximate surface area is 175 Å². The first-order valence-electron chi connectivity index (χ1n) is 8.36. The van der Waals surface area contributed by atoms with E-state index >= 15 is 0 Å². The molecule has 0 saturated carbocycles. The minimum absolute atomic E-state index is 0. The third kappa shape index (κ3) is 7.44. The topological polar surface area (TPSA) is 96.3 Å². The number of ether oxygens (including phenoxy) is 1. The first kappa shape index (κ1) is 27.1. The molecule has 0 fully saturated rings. The Morgan fingerprint density at radius 3 is 2.34 bits per heavy atom. The summed E-state index contributed by atoms with van der Waals surface area (Å²) < 4.78 is 70.7. The predicted octanol–water partition coefficient (Wildman–Crippen LogP) is 3.48. The summed E-state index contributed by atoms with van der Waals surface area (Å²) in [5.74, 6) is -2.65. The summed E-state index contributed by atoms with van der Waals surface area (Å²) in [4.78, 5) is 12.2. The summed E-state index contributed by atoms with van der Waals surface area (Å²) in [6, 6.07) is 4.62. The number of nitriles is 1. The molecule has 0 heterocycles. The van der Waals surface area contributed by atoms with Crippen molar-refractivity contribution in [3.05, 3.63) is 35.4 Å². The number of halogens is 3. The van der Waals surface area contributed by atoms with Gasteiger partial charge in [0.2, 0.25) is 0 Å². The van der Waals surface area contributed by atoms with Gasteiger partial charge in [0.05, 0.1) is 11.6 Å². The monoisotopic (exact) mass is 454 g/mol. The average Bonchev–Trinajstić information content (AvgIpc) is 2.54. The third-order valence-electron chi connectivity index (χ3n) is 3.93. The fraction of sp³-hybridized carbons (Fsp3) is 0.556. The zero-order valence-electron chi connectivity index (χ0n) is 16.6. The van der Waals surface area contributed by atoms with Crippen molar-refractivity contribution < 1.29 is 31.1 Å². The molecule has 1 aromatic carbocycles. The van der Waals surface area contributed by atoms with E-state index < -0.39 is 69.0 Å². The largest absolute Gasteiger partial charge is 0.444 e. The van der Waals surface area contributed by atoms with Crippen molar-refractivity contribution in [1.29, 1.82) is 5.26 Å². The highest BCUT2D eigenvalue weighted by atomic mass is 32.2. The molecule has 0 aliphatic carbocycles. The second kappa shape index (κ2) is 10.2. The van der Waals surface area contributed by atoms with Crippen molar-refractivity contribution in [3.8, 4) is 6.07 Å². The Hall–Kier alpha value is -1.93. The van der Waals surface area contributed by atoms with Crippen LogP contribution in [0.5, 0.6) is 0 Å². The summed E-state index contributed by atoms with van der Waals surface area (Å²) in [6.45, 7) is 3.29. The fourth-order valence-electron chi connectivity index (χ4n) is 2.56. The van der Waals surface area contributed by atoms with E-state index in [4.69, 9.17) is 10.00 Å². The smallest absolute Gasteiger partial charge is 0.408 e. The van der Waals surface area contributed by atoms with Crippen molar-refractivity contribution in [1.82, 2.24) is 5.32 Å². The molecule has 0 saturated heterocycles. The molecule has 0 aromatic heterocycles. The van der Waals surface area contributed by atoms with Gasteiger partial charge in [-0.3, -0.25) is 0 Å². The van der Waals surface area contributed by atoms with Crippen molar-refractivity contribution in [2.75, 3.05) is 12.9 Å². The number of amides is 1. The number of nitrogens with one attached hydrogen (secondary N) is 1. The van der Waals surface area contributed by atoms with E-state index in [9.17, 15) is 26.4 Å². The Morgan fingerprint density at radius 2 is 1.90 bits per heavy atom. The molecule has 11 heteroatoms. The van der Waals surface area contributed by atoms with Crippen LogP contribution in [0.3, 0.4) is 0 Å². The minimum Gasteiger partial charge on any atom is -0.444 e. The molecule has 1 amide bonds. The lowest BCUT2D eigenvalue weighted by Crippen LogP contribution is -2.50. The molecule has 6 nitrogen and oxygen atoms in total. The van der Waals surface area contributed by atoms with Crippen LogP contribution in [0.2, 0.25) is 0 Å². The van der Waals surface area contributed by atoms with E-state index in [0.29, 0.717) is 0 Å². The Morgan fingerprint density at radius 1 is 1.31 bits per heavy atom. The SMILES string of the molecule is CC(C)(C)OC(=O)N[C@@](CF)(CCC(C#N)S(C)(=O)=O)c1cccc(F)c1F.S. The highest BCUT2D eigenvalue weighted by Crippen LogP contribution is 2.32. The van der Waals surface area contributed by atoms with Crippen molar-refractivity contribution in [3.63, 3.8) is 0 Å². The van der Waals surface area contributed by atoms with E-state index in [1.807, 2.05) is 0 Å². The van der Waals surface area contributed by atoms with E-state index in [1.54, 1.807) is 26.8 Å². The number of carbonyl (C=O) groups is 1. The number of sulfone groups is 1. The Bertz CT molecular complexity index is 867. The van der Waals surface area contributed by atoms with Crippen LogP contribution in [0.1, 0.15) is 39.2 Å². The molecule has 29 heavy (non-hydrogen) atoms. The fourth-order valence-corrected chi connectivity index (χ4v) is 3.30. The zero-order valence-corrected chi connectivity index (χ0v) is 18.4. The van der Waals surface area contributed by atoms with Gasteiger partial charge in [0.1, 0.15) is 17.5 Å². The summed E-state index contributed by atoms with van der Waals surface area (Å²) in [6.07, 6.45) is -1.15.